The number of anilines is 2. The van der Waals surface area contributed by atoms with Crippen molar-refractivity contribution in [1.29, 1.82) is 0 Å². The van der Waals surface area contributed by atoms with Crippen molar-refractivity contribution in [2.24, 2.45) is 0 Å². The van der Waals surface area contributed by atoms with Gasteiger partial charge in [0.05, 0.1) is 36.3 Å². The van der Waals surface area contributed by atoms with Gasteiger partial charge in [0.2, 0.25) is 0 Å². The number of rotatable bonds is 2. The zero-order valence-electron chi connectivity index (χ0n) is 14.7. The number of nitrogens with one attached hydrogen (secondary N) is 1. The number of morpholine rings is 2. The van der Waals surface area contributed by atoms with Crippen molar-refractivity contribution in [3.63, 3.8) is 0 Å². The van der Waals surface area contributed by atoms with E-state index in [9.17, 15) is 4.79 Å². The summed E-state index contributed by atoms with van der Waals surface area (Å²) in [6, 6.07) is 7.91. The number of urea groups is 1. The molecular weight excluding hydrogens is 306 g/mol. The maximum atomic E-state index is 12.6. The molecule has 2 heterocycles. The molecule has 2 saturated heterocycles. The van der Waals surface area contributed by atoms with Crippen molar-refractivity contribution in [3.05, 3.63) is 24.3 Å². The molecule has 2 aliphatic rings. The molecule has 6 nitrogen and oxygen atoms in total. The van der Waals surface area contributed by atoms with Crippen molar-refractivity contribution in [2.45, 2.75) is 39.1 Å². The second kappa shape index (κ2) is 7.40. The molecule has 0 aromatic heterocycles. The number of carbonyl (C=O) groups excluding carboxylic acids is 1. The molecule has 1 aromatic rings. The third-order valence-corrected chi connectivity index (χ3v) is 4.43. The van der Waals surface area contributed by atoms with E-state index >= 15 is 0 Å². The average molecular weight is 333 g/mol. The molecule has 6 heteroatoms. The van der Waals surface area contributed by atoms with Crippen LogP contribution in [0.25, 0.3) is 0 Å². The van der Waals surface area contributed by atoms with E-state index in [1.54, 1.807) is 0 Å². The first-order valence-electron chi connectivity index (χ1n) is 8.70. The number of carbonyl (C=O) groups is 1. The summed E-state index contributed by atoms with van der Waals surface area (Å²) >= 11 is 0. The summed E-state index contributed by atoms with van der Waals surface area (Å²) in [5.41, 5.74) is 1.90. The summed E-state index contributed by atoms with van der Waals surface area (Å²) in [6.45, 7) is 9.65. The number of nitrogens with zero attached hydrogens (tertiary/aromatic N) is 2. The van der Waals surface area contributed by atoms with Crippen LogP contribution < -0.4 is 10.2 Å². The molecule has 3 rings (SSSR count). The van der Waals surface area contributed by atoms with E-state index in [0.717, 1.165) is 24.5 Å². The Morgan fingerprint density at radius 1 is 1.08 bits per heavy atom. The van der Waals surface area contributed by atoms with Crippen LogP contribution in [0.4, 0.5) is 16.2 Å². The minimum Gasteiger partial charge on any atom is -0.375 e. The Morgan fingerprint density at radius 3 is 2.50 bits per heavy atom. The second-order valence-electron chi connectivity index (χ2n) is 6.74. The fraction of sp³-hybridized carbons (Fsp3) is 0.611. The van der Waals surface area contributed by atoms with Crippen LogP contribution in [0.3, 0.4) is 0 Å². The summed E-state index contributed by atoms with van der Waals surface area (Å²) in [5.74, 6) is 0. The molecule has 1 N–H and O–H groups in total. The third-order valence-electron chi connectivity index (χ3n) is 4.43. The lowest BCUT2D eigenvalue weighted by Gasteiger charge is -2.38. The Morgan fingerprint density at radius 2 is 1.79 bits per heavy atom. The van der Waals surface area contributed by atoms with Gasteiger partial charge in [0.15, 0.2) is 0 Å². The molecule has 0 bridgehead atoms. The maximum absolute atomic E-state index is 12.6. The van der Waals surface area contributed by atoms with Crippen molar-refractivity contribution >= 4 is 17.4 Å². The van der Waals surface area contributed by atoms with Gasteiger partial charge < -0.3 is 24.6 Å². The summed E-state index contributed by atoms with van der Waals surface area (Å²) in [5, 5.41) is 3.08. The number of hydrogen-bond acceptors (Lipinski definition) is 4. The Labute approximate surface area is 143 Å². The van der Waals surface area contributed by atoms with Gasteiger partial charge in [0.25, 0.3) is 0 Å². The highest BCUT2D eigenvalue weighted by Gasteiger charge is 2.26. The van der Waals surface area contributed by atoms with E-state index in [2.05, 4.69) is 30.1 Å². The SMILES string of the molecule is C[C@@H]1CN(C(=O)Nc2ccccc2N2C[C@@H](C)O[C@H](C)C2)CCO1. The summed E-state index contributed by atoms with van der Waals surface area (Å²) in [4.78, 5) is 16.7. The Kier molecular flexibility index (Phi) is 5.26. The number of para-hydroxylation sites is 2. The minimum atomic E-state index is -0.0630. The van der Waals surface area contributed by atoms with Gasteiger partial charge in [-0.3, -0.25) is 0 Å². The van der Waals surface area contributed by atoms with Crippen LogP contribution >= 0.6 is 0 Å². The zero-order chi connectivity index (χ0) is 17.1. The van der Waals surface area contributed by atoms with Crippen LogP contribution in [0.5, 0.6) is 0 Å². The molecular formula is C18H27N3O3. The number of benzene rings is 1. The number of hydrogen-bond donors (Lipinski definition) is 1. The summed E-state index contributed by atoms with van der Waals surface area (Å²) in [6.07, 6.45) is 0.441. The highest BCUT2D eigenvalue weighted by atomic mass is 16.5. The molecule has 2 amide bonds. The molecule has 0 saturated carbocycles. The van der Waals surface area contributed by atoms with Gasteiger partial charge in [-0.15, -0.1) is 0 Å². The normalized spacial score (nSPS) is 27.9. The molecule has 1 aromatic carbocycles. The van der Waals surface area contributed by atoms with Gasteiger partial charge in [-0.1, -0.05) is 12.1 Å². The maximum Gasteiger partial charge on any atom is 0.322 e. The van der Waals surface area contributed by atoms with E-state index in [-0.39, 0.29) is 24.3 Å². The Bertz CT molecular complexity index is 570. The molecule has 0 radical (unpaired) electrons. The van der Waals surface area contributed by atoms with Crippen LogP contribution in [-0.4, -0.2) is 62.0 Å². The molecule has 2 aliphatic heterocycles. The van der Waals surface area contributed by atoms with Gasteiger partial charge in [0.1, 0.15) is 0 Å². The lowest BCUT2D eigenvalue weighted by molar-refractivity contribution is -0.00521. The van der Waals surface area contributed by atoms with Crippen LogP contribution in [0.2, 0.25) is 0 Å². The van der Waals surface area contributed by atoms with Gasteiger partial charge in [-0.2, -0.15) is 0 Å². The summed E-state index contributed by atoms with van der Waals surface area (Å²) in [7, 11) is 0. The topological polar surface area (TPSA) is 54.0 Å². The second-order valence-corrected chi connectivity index (χ2v) is 6.74. The minimum absolute atomic E-state index is 0.0630. The predicted octanol–water partition coefficient (Wildman–Crippen LogP) is 2.55. The third kappa shape index (κ3) is 3.99. The monoisotopic (exact) mass is 333 g/mol. The zero-order valence-corrected chi connectivity index (χ0v) is 14.7. The molecule has 24 heavy (non-hydrogen) atoms. The first-order valence-corrected chi connectivity index (χ1v) is 8.70. The number of amides is 2. The van der Waals surface area contributed by atoms with E-state index in [1.807, 2.05) is 30.0 Å². The van der Waals surface area contributed by atoms with E-state index < -0.39 is 0 Å². The van der Waals surface area contributed by atoms with E-state index in [1.165, 1.54) is 0 Å². The summed E-state index contributed by atoms with van der Waals surface area (Å²) < 4.78 is 11.3. The first-order chi connectivity index (χ1) is 11.5. The van der Waals surface area contributed by atoms with Crippen molar-refractivity contribution in [2.75, 3.05) is 43.0 Å². The molecule has 0 aliphatic carbocycles. The average Bonchev–Trinajstić information content (AvgIpc) is 2.54. The Hall–Kier alpha value is -1.79. The van der Waals surface area contributed by atoms with Gasteiger partial charge in [-0.25, -0.2) is 4.79 Å². The number of ether oxygens (including phenoxy) is 2. The van der Waals surface area contributed by atoms with Crippen LogP contribution in [0.1, 0.15) is 20.8 Å². The van der Waals surface area contributed by atoms with Gasteiger partial charge in [0, 0.05) is 26.2 Å². The molecule has 0 spiro atoms. The van der Waals surface area contributed by atoms with Gasteiger partial charge >= 0.3 is 6.03 Å². The molecule has 0 unspecified atom stereocenters. The quantitative estimate of drug-likeness (QED) is 0.904. The standard InChI is InChI=1S/C18H27N3O3/c1-13-10-20(8-9-23-13)18(22)19-16-6-4-5-7-17(16)21-11-14(2)24-15(3)12-21/h4-7,13-15H,8-12H2,1-3H3,(H,19,22)/t13-,14-,15-/m1/s1. The fourth-order valence-electron chi connectivity index (χ4n) is 3.43. The lowest BCUT2D eigenvalue weighted by Crippen LogP contribution is -2.47. The van der Waals surface area contributed by atoms with E-state index in [0.29, 0.717) is 19.7 Å². The van der Waals surface area contributed by atoms with Crippen LogP contribution in [-0.2, 0) is 9.47 Å². The van der Waals surface area contributed by atoms with Crippen molar-refractivity contribution in [1.82, 2.24) is 4.90 Å². The van der Waals surface area contributed by atoms with Crippen molar-refractivity contribution in [3.8, 4) is 0 Å². The molecule has 2 fully saturated rings. The molecule has 132 valence electrons. The Balaban J connectivity index is 1.73. The highest BCUT2D eigenvalue weighted by Crippen LogP contribution is 2.28. The van der Waals surface area contributed by atoms with Crippen molar-refractivity contribution < 1.29 is 14.3 Å². The largest absolute Gasteiger partial charge is 0.375 e. The first kappa shape index (κ1) is 17.0. The fourth-order valence-corrected chi connectivity index (χ4v) is 3.43. The highest BCUT2D eigenvalue weighted by molar-refractivity contribution is 5.93. The van der Waals surface area contributed by atoms with Gasteiger partial charge in [-0.05, 0) is 32.9 Å². The lowest BCUT2D eigenvalue weighted by atomic mass is 10.1. The van der Waals surface area contributed by atoms with Crippen LogP contribution in [0, 0.1) is 0 Å². The smallest absolute Gasteiger partial charge is 0.322 e. The predicted molar refractivity (Wildman–Crippen MR) is 94.7 cm³/mol. The molecule has 3 atom stereocenters. The van der Waals surface area contributed by atoms with Crippen LogP contribution in [0.15, 0.2) is 24.3 Å². The van der Waals surface area contributed by atoms with E-state index in [4.69, 9.17) is 9.47 Å².